The van der Waals surface area contributed by atoms with Crippen LogP contribution < -0.4 is 0 Å². The van der Waals surface area contributed by atoms with Crippen LogP contribution in [0.4, 0.5) is 0 Å². The minimum atomic E-state index is -1.16. The van der Waals surface area contributed by atoms with Crippen LogP contribution in [0.5, 0.6) is 0 Å². The van der Waals surface area contributed by atoms with Gasteiger partial charge in [0.2, 0.25) is 0 Å². The van der Waals surface area contributed by atoms with Crippen LogP contribution in [0.1, 0.15) is 329 Å². The van der Waals surface area contributed by atoms with Gasteiger partial charge in [0.15, 0.2) is 0 Å². The SMILES string of the molecule is CCCCCCCCCCCCCCCCC[CH2][Sn]([CH2]CCCCCCCCCCCCCCCCC)[CH2]CCCCCCCCCCCCCCCCC.Cl. The number of halogens is 1. The molecule has 0 N–H and O–H groups in total. The summed E-state index contributed by atoms with van der Waals surface area (Å²) in [4.78, 5) is 0. The molecule has 0 heterocycles. The first-order valence-corrected chi connectivity index (χ1v) is 33.2. The van der Waals surface area contributed by atoms with Gasteiger partial charge in [-0.3, -0.25) is 0 Å². The Kier molecular flexibility index (Phi) is 59.3. The topological polar surface area (TPSA) is 0 Å². The van der Waals surface area contributed by atoms with Crippen LogP contribution in [0.2, 0.25) is 13.3 Å². The molecule has 0 spiro atoms. The molecule has 0 bridgehead atoms. The minimum Gasteiger partial charge on any atom is -0.147 e. The molecule has 2 heteroatoms. The summed E-state index contributed by atoms with van der Waals surface area (Å²) < 4.78 is 5.20. The van der Waals surface area contributed by atoms with Gasteiger partial charge in [-0.25, -0.2) is 0 Å². The molecule has 0 nitrogen and oxygen atoms in total. The fourth-order valence-electron chi connectivity index (χ4n) is 9.14. The van der Waals surface area contributed by atoms with Crippen molar-refractivity contribution >= 4 is 32.2 Å². The minimum absolute atomic E-state index is 0. The van der Waals surface area contributed by atoms with Crippen molar-refractivity contribution in [2.75, 3.05) is 0 Å². The molecule has 339 valence electrons. The Morgan fingerprint density at radius 1 is 0.161 bits per heavy atom. The third kappa shape index (κ3) is 53.1. The van der Waals surface area contributed by atoms with E-state index in [9.17, 15) is 0 Å². The zero-order valence-corrected chi connectivity index (χ0v) is 43.6. The van der Waals surface area contributed by atoms with E-state index in [0.29, 0.717) is 0 Å². The smallest absolute Gasteiger partial charge is 0.147 e. The van der Waals surface area contributed by atoms with E-state index in [0.717, 1.165) is 0 Å². The number of hydrogen-bond acceptors (Lipinski definition) is 0. The Morgan fingerprint density at radius 2 is 0.268 bits per heavy atom. The molecule has 0 aromatic rings. The average molecular weight is 916 g/mol. The van der Waals surface area contributed by atoms with Gasteiger partial charge in [-0.2, -0.15) is 0 Å². The summed E-state index contributed by atoms with van der Waals surface area (Å²) in [5, 5.41) is 0. The summed E-state index contributed by atoms with van der Waals surface area (Å²) in [6.07, 6.45) is 72.0. The van der Waals surface area contributed by atoms with E-state index < -0.39 is 19.8 Å². The summed E-state index contributed by atoms with van der Waals surface area (Å²) in [6, 6.07) is 0. The van der Waals surface area contributed by atoms with Crippen LogP contribution in [0.25, 0.3) is 0 Å². The normalized spacial score (nSPS) is 11.6. The van der Waals surface area contributed by atoms with Crippen LogP contribution in [-0.2, 0) is 0 Å². The van der Waals surface area contributed by atoms with E-state index in [1.165, 1.54) is 270 Å². The first kappa shape index (κ1) is 59.2. The molecule has 0 saturated carbocycles. The van der Waals surface area contributed by atoms with Gasteiger partial charge in [0.1, 0.15) is 0 Å². The molecule has 0 amide bonds. The molecule has 0 saturated heterocycles. The fraction of sp³-hybridized carbons (Fsp3) is 1.00. The van der Waals surface area contributed by atoms with Gasteiger partial charge >= 0.3 is 245 Å². The maximum atomic E-state index is 2.32. The molecule has 0 unspecified atom stereocenters. The Balaban J connectivity index is 0. The molecule has 0 aliphatic carbocycles. The van der Waals surface area contributed by atoms with Crippen LogP contribution in [0, 0.1) is 0 Å². The van der Waals surface area contributed by atoms with E-state index in [4.69, 9.17) is 0 Å². The zero-order valence-electron chi connectivity index (χ0n) is 40.0. The first-order valence-electron chi connectivity index (χ1n) is 27.2. The third-order valence-corrected chi connectivity index (χ3v) is 22.2. The average Bonchev–Trinajstić information content (AvgIpc) is 3.20. The number of unbranched alkanes of at least 4 members (excludes halogenated alkanes) is 45. The van der Waals surface area contributed by atoms with Crippen molar-refractivity contribution < 1.29 is 0 Å². The van der Waals surface area contributed by atoms with E-state index in [1.807, 2.05) is 0 Å². The molecule has 0 aromatic carbocycles. The Bertz CT molecular complexity index is 550. The molecule has 0 rings (SSSR count). The predicted octanol–water partition coefficient (Wildman–Crippen LogP) is 21.7. The van der Waals surface area contributed by atoms with E-state index in [1.54, 1.807) is 51.8 Å². The van der Waals surface area contributed by atoms with Gasteiger partial charge in [0.25, 0.3) is 0 Å². The Labute approximate surface area is 372 Å². The van der Waals surface area contributed by atoms with Crippen molar-refractivity contribution in [3.63, 3.8) is 0 Å². The Hall–Kier alpha value is 1.09. The summed E-state index contributed by atoms with van der Waals surface area (Å²) >= 11 is -1.16. The van der Waals surface area contributed by atoms with Gasteiger partial charge in [0.05, 0.1) is 0 Å². The summed E-state index contributed by atoms with van der Waals surface area (Å²) in [6.45, 7) is 6.97. The van der Waals surface area contributed by atoms with Gasteiger partial charge in [0, 0.05) is 0 Å². The van der Waals surface area contributed by atoms with Crippen LogP contribution in [-0.4, -0.2) is 19.8 Å². The van der Waals surface area contributed by atoms with Gasteiger partial charge in [-0.05, 0) is 0 Å². The molecule has 0 aliphatic heterocycles. The monoisotopic (exact) mass is 916 g/mol. The standard InChI is InChI=1S/3C18H37.ClH.Sn/c3*1-3-5-7-9-11-13-15-17-18-16-14-12-10-8-6-4-2;;/h3*1,3-18H2,2H3;1H;. The summed E-state index contributed by atoms with van der Waals surface area (Å²) in [5.41, 5.74) is 0. The zero-order chi connectivity index (χ0) is 39.6. The van der Waals surface area contributed by atoms with Gasteiger partial charge in [-0.15, -0.1) is 12.4 Å². The molecule has 56 heavy (non-hydrogen) atoms. The van der Waals surface area contributed by atoms with Crippen molar-refractivity contribution in [2.24, 2.45) is 0 Å². The van der Waals surface area contributed by atoms with Crippen LogP contribution in [0.3, 0.4) is 0 Å². The van der Waals surface area contributed by atoms with Crippen LogP contribution in [0.15, 0.2) is 0 Å². The second-order valence-electron chi connectivity index (χ2n) is 18.9. The van der Waals surface area contributed by atoms with Gasteiger partial charge < -0.3 is 0 Å². The van der Waals surface area contributed by atoms with Crippen molar-refractivity contribution in [3.8, 4) is 0 Å². The van der Waals surface area contributed by atoms with E-state index in [2.05, 4.69) is 20.8 Å². The van der Waals surface area contributed by atoms with E-state index >= 15 is 0 Å². The molecular weight excluding hydrogens is 803 g/mol. The number of hydrogen-bond donors (Lipinski definition) is 0. The van der Waals surface area contributed by atoms with Crippen molar-refractivity contribution in [1.29, 1.82) is 0 Å². The number of rotatable bonds is 51. The molecule has 0 aliphatic rings. The quantitative estimate of drug-likeness (QED) is 0.0421. The maximum absolute atomic E-state index is 2.32. The van der Waals surface area contributed by atoms with Crippen molar-refractivity contribution in [1.82, 2.24) is 0 Å². The summed E-state index contributed by atoms with van der Waals surface area (Å²) in [7, 11) is 0. The second kappa shape index (κ2) is 56.1. The van der Waals surface area contributed by atoms with Crippen molar-refractivity contribution in [2.45, 2.75) is 342 Å². The van der Waals surface area contributed by atoms with Crippen LogP contribution >= 0.6 is 12.4 Å². The van der Waals surface area contributed by atoms with Crippen molar-refractivity contribution in [3.05, 3.63) is 0 Å². The summed E-state index contributed by atoms with van der Waals surface area (Å²) in [5.74, 6) is 0. The second-order valence-corrected chi connectivity index (χ2v) is 27.5. The molecular formula is C54H112ClSn. The molecule has 1 radical (unpaired) electrons. The Morgan fingerprint density at radius 3 is 0.393 bits per heavy atom. The molecule has 0 aromatic heterocycles. The predicted molar refractivity (Wildman–Crippen MR) is 266 cm³/mol. The van der Waals surface area contributed by atoms with E-state index in [-0.39, 0.29) is 12.4 Å². The third-order valence-electron chi connectivity index (χ3n) is 13.2. The molecule has 0 atom stereocenters. The fourth-order valence-corrected chi connectivity index (χ4v) is 17.7. The van der Waals surface area contributed by atoms with Gasteiger partial charge in [-0.1, -0.05) is 117 Å². The first-order chi connectivity index (χ1) is 27.3. The molecule has 0 fully saturated rings.